The molecule has 5 nitrogen and oxygen atoms in total. The van der Waals surface area contributed by atoms with Gasteiger partial charge in [0, 0.05) is 24.2 Å². The predicted molar refractivity (Wildman–Crippen MR) is 76.9 cm³/mol. The second kappa shape index (κ2) is 5.00. The second-order valence-corrected chi connectivity index (χ2v) is 5.21. The first-order valence-corrected chi connectivity index (χ1v) is 6.70. The molecule has 20 heavy (non-hydrogen) atoms. The van der Waals surface area contributed by atoms with Crippen LogP contribution in [-0.2, 0) is 4.79 Å². The monoisotopic (exact) mass is 271 g/mol. The van der Waals surface area contributed by atoms with E-state index in [1.54, 1.807) is 13.0 Å². The Morgan fingerprint density at radius 1 is 1.50 bits per heavy atom. The van der Waals surface area contributed by atoms with Gasteiger partial charge in [-0.15, -0.1) is 0 Å². The van der Waals surface area contributed by atoms with Crippen LogP contribution in [0.5, 0.6) is 0 Å². The standard InChI is InChI=1S/C15H17N3O2/c1-10-8-18(13-6-4-3-5-12(10)13)9-15(19)16-14-7-11(2)20-17-14/h3-7,10H,8-9H2,1-2H3,(H,16,17,19)/t10-/m0/s1. The van der Waals surface area contributed by atoms with Gasteiger partial charge in [0.25, 0.3) is 0 Å². The van der Waals surface area contributed by atoms with E-state index in [0.717, 1.165) is 12.2 Å². The van der Waals surface area contributed by atoms with E-state index in [-0.39, 0.29) is 5.91 Å². The number of nitrogens with one attached hydrogen (secondary N) is 1. The van der Waals surface area contributed by atoms with Crippen molar-refractivity contribution in [3.8, 4) is 0 Å². The number of nitrogens with zero attached hydrogens (tertiary/aromatic N) is 2. The highest BCUT2D eigenvalue weighted by Crippen LogP contribution is 2.35. The van der Waals surface area contributed by atoms with Crippen LogP contribution in [0, 0.1) is 6.92 Å². The third-order valence-corrected chi connectivity index (χ3v) is 3.53. The van der Waals surface area contributed by atoms with Crippen LogP contribution in [0.4, 0.5) is 11.5 Å². The first kappa shape index (κ1) is 12.7. The van der Waals surface area contributed by atoms with Gasteiger partial charge in [-0.1, -0.05) is 30.3 Å². The van der Waals surface area contributed by atoms with Gasteiger partial charge in [-0.25, -0.2) is 0 Å². The number of benzene rings is 1. The van der Waals surface area contributed by atoms with Crippen molar-refractivity contribution in [2.75, 3.05) is 23.3 Å². The number of anilines is 2. The largest absolute Gasteiger partial charge is 0.361 e. The summed E-state index contributed by atoms with van der Waals surface area (Å²) in [5.41, 5.74) is 2.45. The Labute approximate surface area is 117 Å². The zero-order chi connectivity index (χ0) is 14.1. The average molecular weight is 271 g/mol. The molecule has 2 heterocycles. The summed E-state index contributed by atoms with van der Waals surface area (Å²) < 4.78 is 4.93. The smallest absolute Gasteiger partial charge is 0.245 e. The van der Waals surface area contributed by atoms with Gasteiger partial charge < -0.3 is 14.7 Å². The minimum atomic E-state index is -0.0813. The van der Waals surface area contributed by atoms with Crippen molar-refractivity contribution in [1.82, 2.24) is 5.16 Å². The number of carbonyl (C=O) groups is 1. The van der Waals surface area contributed by atoms with Gasteiger partial charge in [0.2, 0.25) is 5.91 Å². The Balaban J connectivity index is 1.68. The van der Waals surface area contributed by atoms with Crippen LogP contribution in [0.2, 0.25) is 0 Å². The summed E-state index contributed by atoms with van der Waals surface area (Å²) in [5, 5.41) is 6.51. The molecular weight excluding hydrogens is 254 g/mol. The lowest BCUT2D eigenvalue weighted by molar-refractivity contribution is -0.115. The molecule has 0 bridgehead atoms. The van der Waals surface area contributed by atoms with Crippen molar-refractivity contribution in [3.05, 3.63) is 41.7 Å². The van der Waals surface area contributed by atoms with Gasteiger partial charge in [-0.2, -0.15) is 0 Å². The number of amides is 1. The normalized spacial score (nSPS) is 17.1. The molecule has 0 unspecified atom stereocenters. The van der Waals surface area contributed by atoms with Crippen LogP contribution in [0.15, 0.2) is 34.9 Å². The molecule has 1 aromatic carbocycles. The summed E-state index contributed by atoms with van der Waals surface area (Å²) in [4.78, 5) is 14.2. The molecule has 1 aliphatic heterocycles. The van der Waals surface area contributed by atoms with Crippen LogP contribution in [0.1, 0.15) is 24.2 Å². The van der Waals surface area contributed by atoms with Crippen molar-refractivity contribution in [2.45, 2.75) is 19.8 Å². The van der Waals surface area contributed by atoms with E-state index < -0.39 is 0 Å². The quantitative estimate of drug-likeness (QED) is 0.932. The van der Waals surface area contributed by atoms with Crippen LogP contribution < -0.4 is 10.2 Å². The maximum absolute atomic E-state index is 12.1. The average Bonchev–Trinajstić information content (AvgIpc) is 2.95. The molecule has 1 amide bonds. The summed E-state index contributed by atoms with van der Waals surface area (Å²) in [6.45, 7) is 5.16. The molecule has 0 radical (unpaired) electrons. The third kappa shape index (κ3) is 2.39. The third-order valence-electron chi connectivity index (χ3n) is 3.53. The molecule has 0 fully saturated rings. The number of aryl methyl sites for hydroxylation is 1. The zero-order valence-electron chi connectivity index (χ0n) is 11.6. The summed E-state index contributed by atoms with van der Waals surface area (Å²) in [5.74, 6) is 1.52. The van der Waals surface area contributed by atoms with E-state index in [9.17, 15) is 4.79 Å². The fourth-order valence-electron chi connectivity index (χ4n) is 2.65. The van der Waals surface area contributed by atoms with Crippen LogP contribution in [0.3, 0.4) is 0 Å². The number of aromatic nitrogens is 1. The fraction of sp³-hybridized carbons (Fsp3) is 0.333. The number of carbonyl (C=O) groups excluding carboxylic acids is 1. The molecule has 1 N–H and O–H groups in total. The molecule has 2 aromatic rings. The molecule has 1 aliphatic rings. The van der Waals surface area contributed by atoms with Gasteiger partial charge in [-0.3, -0.25) is 4.79 Å². The van der Waals surface area contributed by atoms with Crippen molar-refractivity contribution in [2.24, 2.45) is 0 Å². The Morgan fingerprint density at radius 2 is 2.30 bits per heavy atom. The molecule has 5 heteroatoms. The maximum Gasteiger partial charge on any atom is 0.245 e. The van der Waals surface area contributed by atoms with Gasteiger partial charge in [0.15, 0.2) is 5.82 Å². The van der Waals surface area contributed by atoms with Gasteiger partial charge in [0.1, 0.15) is 5.76 Å². The van der Waals surface area contributed by atoms with Crippen LogP contribution in [-0.4, -0.2) is 24.2 Å². The highest BCUT2D eigenvalue weighted by Gasteiger charge is 2.26. The Morgan fingerprint density at radius 3 is 3.05 bits per heavy atom. The van der Waals surface area contributed by atoms with Crippen molar-refractivity contribution >= 4 is 17.4 Å². The number of para-hydroxylation sites is 1. The summed E-state index contributed by atoms with van der Waals surface area (Å²) in [6, 6.07) is 9.93. The number of hydrogen-bond donors (Lipinski definition) is 1. The first-order valence-electron chi connectivity index (χ1n) is 6.70. The van der Waals surface area contributed by atoms with Crippen LogP contribution >= 0.6 is 0 Å². The van der Waals surface area contributed by atoms with Crippen molar-refractivity contribution in [3.63, 3.8) is 0 Å². The predicted octanol–water partition coefficient (Wildman–Crippen LogP) is 2.55. The lowest BCUT2D eigenvalue weighted by Crippen LogP contribution is -2.32. The van der Waals surface area contributed by atoms with Gasteiger partial charge in [0.05, 0.1) is 6.54 Å². The SMILES string of the molecule is Cc1cc(NC(=O)CN2C[C@H](C)c3ccccc32)no1. The summed E-state index contributed by atoms with van der Waals surface area (Å²) in [6.07, 6.45) is 0. The van der Waals surface area contributed by atoms with Gasteiger partial charge >= 0.3 is 0 Å². The first-order chi connectivity index (χ1) is 9.63. The Bertz CT molecular complexity index is 636. The summed E-state index contributed by atoms with van der Waals surface area (Å²) >= 11 is 0. The number of fused-ring (bicyclic) bond motifs is 1. The maximum atomic E-state index is 12.1. The zero-order valence-corrected chi connectivity index (χ0v) is 11.6. The molecule has 0 spiro atoms. The lowest BCUT2D eigenvalue weighted by Gasteiger charge is -2.18. The van der Waals surface area contributed by atoms with Crippen molar-refractivity contribution < 1.29 is 9.32 Å². The molecular formula is C15H17N3O2. The van der Waals surface area contributed by atoms with Gasteiger partial charge in [-0.05, 0) is 18.6 Å². The minimum absolute atomic E-state index is 0.0813. The molecule has 104 valence electrons. The van der Waals surface area contributed by atoms with E-state index in [2.05, 4.69) is 34.4 Å². The Kier molecular flexibility index (Phi) is 3.18. The molecule has 0 aliphatic carbocycles. The molecule has 3 rings (SSSR count). The molecule has 1 atom stereocenters. The highest BCUT2D eigenvalue weighted by atomic mass is 16.5. The minimum Gasteiger partial charge on any atom is -0.361 e. The fourth-order valence-corrected chi connectivity index (χ4v) is 2.65. The van der Waals surface area contributed by atoms with Crippen molar-refractivity contribution in [1.29, 1.82) is 0 Å². The van der Waals surface area contributed by atoms with E-state index in [1.165, 1.54) is 5.56 Å². The topological polar surface area (TPSA) is 58.4 Å². The second-order valence-electron chi connectivity index (χ2n) is 5.21. The summed E-state index contributed by atoms with van der Waals surface area (Å²) in [7, 11) is 0. The van der Waals surface area contributed by atoms with Crippen LogP contribution in [0.25, 0.3) is 0 Å². The number of hydrogen-bond acceptors (Lipinski definition) is 4. The van der Waals surface area contributed by atoms with E-state index in [0.29, 0.717) is 24.0 Å². The lowest BCUT2D eigenvalue weighted by atomic mass is 10.0. The van der Waals surface area contributed by atoms with E-state index in [1.807, 2.05) is 12.1 Å². The molecule has 0 saturated heterocycles. The molecule has 1 aromatic heterocycles. The number of rotatable bonds is 3. The van der Waals surface area contributed by atoms with E-state index >= 15 is 0 Å². The highest BCUT2D eigenvalue weighted by molar-refractivity contribution is 5.93. The van der Waals surface area contributed by atoms with E-state index in [4.69, 9.17) is 4.52 Å². The Hall–Kier alpha value is -2.30. The molecule has 0 saturated carbocycles.